The normalized spacial score (nSPS) is 11.4. The third-order valence-corrected chi connectivity index (χ3v) is 7.68. The maximum atomic E-state index is 12.8. The molecular formula is C26H19Cl2N3O3S2. The van der Waals surface area contributed by atoms with E-state index in [0.717, 1.165) is 15.6 Å². The predicted octanol–water partition coefficient (Wildman–Crippen LogP) is 7.97. The third kappa shape index (κ3) is 4.77. The van der Waals surface area contributed by atoms with Crippen molar-refractivity contribution in [2.75, 3.05) is 5.32 Å². The van der Waals surface area contributed by atoms with E-state index in [1.807, 2.05) is 18.2 Å². The number of benzene rings is 3. The van der Waals surface area contributed by atoms with Crippen molar-refractivity contribution < 1.29 is 14.3 Å². The van der Waals surface area contributed by atoms with E-state index in [1.165, 1.54) is 17.4 Å². The van der Waals surface area contributed by atoms with Gasteiger partial charge < -0.3 is 14.8 Å². The van der Waals surface area contributed by atoms with Gasteiger partial charge in [-0.15, -0.1) is 11.3 Å². The number of aromatic hydroxyl groups is 1. The molecule has 2 heterocycles. The summed E-state index contributed by atoms with van der Waals surface area (Å²) in [7, 11) is 0. The minimum atomic E-state index is -0.436. The molecule has 2 aromatic heterocycles. The van der Waals surface area contributed by atoms with Crippen LogP contribution in [0.25, 0.3) is 32.6 Å². The Labute approximate surface area is 225 Å². The molecule has 0 radical (unpaired) electrons. The third-order valence-electron chi connectivity index (χ3n) is 5.59. The van der Waals surface area contributed by atoms with Gasteiger partial charge in [0.1, 0.15) is 16.1 Å². The lowest BCUT2D eigenvalue weighted by Crippen LogP contribution is -2.33. The summed E-state index contributed by atoms with van der Waals surface area (Å²) < 4.78 is 6.68. The molecule has 0 aliphatic rings. The zero-order chi connectivity index (χ0) is 25.6. The van der Waals surface area contributed by atoms with E-state index in [2.05, 4.69) is 29.5 Å². The highest BCUT2D eigenvalue weighted by Crippen LogP contribution is 2.37. The molecule has 3 aromatic carbocycles. The van der Waals surface area contributed by atoms with Gasteiger partial charge in [-0.1, -0.05) is 49.2 Å². The number of carbonyl (C=O) groups is 1. The molecule has 0 bridgehead atoms. The number of halogens is 2. The van der Waals surface area contributed by atoms with E-state index in [-0.39, 0.29) is 16.8 Å². The van der Waals surface area contributed by atoms with Gasteiger partial charge in [0.2, 0.25) is 5.89 Å². The molecule has 0 fully saturated rings. The van der Waals surface area contributed by atoms with Gasteiger partial charge in [-0.2, -0.15) is 0 Å². The van der Waals surface area contributed by atoms with Crippen molar-refractivity contribution >= 4 is 84.6 Å². The number of hydrogen-bond donors (Lipinski definition) is 3. The second kappa shape index (κ2) is 9.71. The van der Waals surface area contributed by atoms with Gasteiger partial charge in [0.15, 0.2) is 10.7 Å². The van der Waals surface area contributed by atoms with Gasteiger partial charge in [0.05, 0.1) is 10.6 Å². The van der Waals surface area contributed by atoms with E-state index >= 15 is 0 Å². The average Bonchev–Trinajstić information content (AvgIpc) is 3.40. The van der Waals surface area contributed by atoms with Crippen LogP contribution in [0.5, 0.6) is 5.75 Å². The summed E-state index contributed by atoms with van der Waals surface area (Å²) in [6.45, 7) is 4.21. The number of phenolic OH excluding ortho intramolecular Hbond substituents is 1. The second-order valence-corrected chi connectivity index (χ2v) is 10.7. The standard InChI is InChI=1S/C26H19Cl2N3O3S2/c1-12(2)13-3-8-20-18(9-13)30-25(34-20)17-11-15(5-7-19(17)32)29-26(35)31-24(33)23-22(28)16-6-4-14(27)10-21(16)36-23/h3-12,32H,1-2H3,(H2,29,31,33,35). The molecule has 0 aliphatic heterocycles. The topological polar surface area (TPSA) is 87.4 Å². The number of hydrogen-bond acceptors (Lipinski definition) is 6. The van der Waals surface area contributed by atoms with E-state index in [9.17, 15) is 9.90 Å². The van der Waals surface area contributed by atoms with Crippen molar-refractivity contribution in [2.45, 2.75) is 19.8 Å². The van der Waals surface area contributed by atoms with Crippen LogP contribution in [0.3, 0.4) is 0 Å². The Kier molecular flexibility index (Phi) is 6.61. The summed E-state index contributed by atoms with van der Waals surface area (Å²) in [5.41, 5.74) is 3.40. The highest BCUT2D eigenvalue weighted by atomic mass is 35.5. The Morgan fingerprint density at radius 2 is 1.92 bits per heavy atom. The van der Waals surface area contributed by atoms with Crippen LogP contribution in [0.2, 0.25) is 10.0 Å². The van der Waals surface area contributed by atoms with Crippen molar-refractivity contribution in [3.05, 3.63) is 75.1 Å². The van der Waals surface area contributed by atoms with Crippen LogP contribution in [0.4, 0.5) is 5.69 Å². The van der Waals surface area contributed by atoms with Gasteiger partial charge in [-0.05, 0) is 66.2 Å². The number of carbonyl (C=O) groups excluding carboxylic acids is 1. The number of phenols is 1. The Balaban J connectivity index is 1.35. The van der Waals surface area contributed by atoms with Crippen molar-refractivity contribution in [3.8, 4) is 17.2 Å². The maximum absolute atomic E-state index is 12.8. The van der Waals surface area contributed by atoms with Gasteiger partial charge in [-0.25, -0.2) is 4.98 Å². The predicted molar refractivity (Wildman–Crippen MR) is 151 cm³/mol. The fourth-order valence-electron chi connectivity index (χ4n) is 3.71. The molecule has 0 unspecified atom stereocenters. The molecule has 0 atom stereocenters. The molecule has 0 spiro atoms. The lowest BCUT2D eigenvalue weighted by atomic mass is 10.0. The second-order valence-electron chi connectivity index (χ2n) is 8.43. The molecule has 3 N–H and O–H groups in total. The van der Waals surface area contributed by atoms with Crippen LogP contribution >= 0.6 is 46.8 Å². The van der Waals surface area contributed by atoms with Crippen LogP contribution in [0.15, 0.2) is 59.0 Å². The molecular weight excluding hydrogens is 537 g/mol. The van der Waals surface area contributed by atoms with Crippen LogP contribution in [-0.4, -0.2) is 21.1 Å². The smallest absolute Gasteiger partial charge is 0.269 e. The molecule has 1 amide bonds. The van der Waals surface area contributed by atoms with Gasteiger partial charge in [0.25, 0.3) is 5.91 Å². The SMILES string of the molecule is CC(C)c1ccc2oc(-c3cc(NC(=S)NC(=O)c4sc5cc(Cl)ccc5c4Cl)ccc3O)nc2c1. The highest BCUT2D eigenvalue weighted by molar-refractivity contribution is 7.80. The van der Waals surface area contributed by atoms with E-state index in [4.69, 9.17) is 39.8 Å². The van der Waals surface area contributed by atoms with Crippen molar-refractivity contribution in [1.82, 2.24) is 10.3 Å². The van der Waals surface area contributed by atoms with Crippen LogP contribution in [-0.2, 0) is 0 Å². The van der Waals surface area contributed by atoms with Crippen molar-refractivity contribution in [2.24, 2.45) is 0 Å². The number of thiophene rings is 1. The summed E-state index contributed by atoms with van der Waals surface area (Å²) in [5.74, 6) is 0.195. The number of thiocarbonyl (C=S) groups is 1. The highest BCUT2D eigenvalue weighted by Gasteiger charge is 2.19. The monoisotopic (exact) mass is 555 g/mol. The fourth-order valence-corrected chi connectivity index (χ4v) is 5.61. The molecule has 0 aliphatic carbocycles. The summed E-state index contributed by atoms with van der Waals surface area (Å²) in [6.07, 6.45) is 0. The number of aromatic nitrogens is 1. The fraction of sp³-hybridized carbons (Fsp3) is 0.115. The Bertz CT molecular complexity index is 1660. The number of oxazole rings is 1. The van der Waals surface area contributed by atoms with E-state index < -0.39 is 5.91 Å². The molecule has 5 rings (SSSR count). The number of fused-ring (bicyclic) bond motifs is 2. The van der Waals surface area contributed by atoms with E-state index in [0.29, 0.717) is 43.2 Å². The van der Waals surface area contributed by atoms with Crippen molar-refractivity contribution in [3.63, 3.8) is 0 Å². The molecule has 36 heavy (non-hydrogen) atoms. The molecule has 0 saturated heterocycles. The largest absolute Gasteiger partial charge is 0.507 e. The quantitative estimate of drug-likeness (QED) is 0.154. The molecule has 5 aromatic rings. The zero-order valence-electron chi connectivity index (χ0n) is 19.1. The number of nitrogens with zero attached hydrogens (tertiary/aromatic N) is 1. The first kappa shape index (κ1) is 24.5. The number of anilines is 1. The van der Waals surface area contributed by atoms with Gasteiger partial charge in [-0.3, -0.25) is 10.1 Å². The van der Waals surface area contributed by atoms with Crippen molar-refractivity contribution in [1.29, 1.82) is 0 Å². The summed E-state index contributed by atoms with van der Waals surface area (Å²) in [4.78, 5) is 17.7. The number of rotatable bonds is 4. The minimum Gasteiger partial charge on any atom is -0.507 e. The lowest BCUT2D eigenvalue weighted by molar-refractivity contribution is 0.0982. The molecule has 182 valence electrons. The minimum absolute atomic E-state index is 0.00172. The molecule has 0 saturated carbocycles. The molecule has 10 heteroatoms. The zero-order valence-corrected chi connectivity index (χ0v) is 22.2. The van der Waals surface area contributed by atoms with Crippen LogP contribution in [0.1, 0.15) is 35.0 Å². The first-order chi connectivity index (χ1) is 17.2. The summed E-state index contributed by atoms with van der Waals surface area (Å²) in [6, 6.07) is 15.9. The van der Waals surface area contributed by atoms with Gasteiger partial charge in [0, 0.05) is 20.8 Å². The first-order valence-electron chi connectivity index (χ1n) is 10.9. The Morgan fingerprint density at radius 1 is 1.11 bits per heavy atom. The van der Waals surface area contributed by atoms with Crippen LogP contribution < -0.4 is 10.6 Å². The average molecular weight is 556 g/mol. The van der Waals surface area contributed by atoms with Gasteiger partial charge >= 0.3 is 0 Å². The number of nitrogens with one attached hydrogen (secondary N) is 2. The summed E-state index contributed by atoms with van der Waals surface area (Å²) >= 11 is 19.0. The lowest BCUT2D eigenvalue weighted by Gasteiger charge is -2.10. The molecule has 6 nitrogen and oxygen atoms in total. The Morgan fingerprint density at radius 3 is 2.69 bits per heavy atom. The maximum Gasteiger partial charge on any atom is 0.269 e. The summed E-state index contributed by atoms with van der Waals surface area (Å²) in [5, 5.41) is 17.8. The van der Waals surface area contributed by atoms with Crippen LogP contribution in [0, 0.1) is 0 Å². The number of amides is 1. The van der Waals surface area contributed by atoms with E-state index in [1.54, 1.807) is 30.3 Å². The first-order valence-corrected chi connectivity index (χ1v) is 12.9. The Hall–Kier alpha value is -3.17.